The normalized spacial score (nSPS) is 13.0. The second kappa shape index (κ2) is 9.21. The minimum Gasteiger partial charge on any atom is -0.480 e. The SMILES string of the molecule is CS(=O)(=O)OCC(NC(c1ccccc1)(c1ccccc1)c1ccccc1)C(=O)O. The second-order valence-electron chi connectivity index (χ2n) is 6.87. The van der Waals surface area contributed by atoms with Crippen LogP contribution >= 0.6 is 0 Å². The van der Waals surface area contributed by atoms with Crippen molar-refractivity contribution in [2.45, 2.75) is 11.6 Å². The van der Waals surface area contributed by atoms with E-state index in [1.807, 2.05) is 91.0 Å². The van der Waals surface area contributed by atoms with Gasteiger partial charge in [0.25, 0.3) is 10.1 Å². The molecule has 3 rings (SSSR count). The Morgan fingerprint density at radius 1 is 0.867 bits per heavy atom. The number of carbonyl (C=O) groups is 1. The summed E-state index contributed by atoms with van der Waals surface area (Å²) in [5.41, 5.74) is 1.39. The van der Waals surface area contributed by atoms with Crippen molar-refractivity contribution < 1.29 is 22.5 Å². The molecule has 0 aromatic heterocycles. The lowest BCUT2D eigenvalue weighted by atomic mass is 9.76. The molecule has 156 valence electrons. The zero-order valence-corrected chi connectivity index (χ0v) is 17.2. The molecular weight excluding hydrogens is 402 g/mol. The van der Waals surface area contributed by atoms with E-state index in [-0.39, 0.29) is 0 Å². The molecule has 7 heteroatoms. The van der Waals surface area contributed by atoms with Gasteiger partial charge < -0.3 is 5.11 Å². The van der Waals surface area contributed by atoms with Gasteiger partial charge in [0.1, 0.15) is 6.04 Å². The number of hydrogen-bond donors (Lipinski definition) is 2. The number of carboxylic acids is 1. The van der Waals surface area contributed by atoms with Crippen LogP contribution < -0.4 is 5.32 Å². The minimum atomic E-state index is -3.81. The smallest absolute Gasteiger partial charge is 0.323 e. The van der Waals surface area contributed by atoms with Crippen LogP contribution in [0.4, 0.5) is 0 Å². The van der Waals surface area contributed by atoms with E-state index >= 15 is 0 Å². The lowest BCUT2D eigenvalue weighted by Crippen LogP contribution is -2.54. The predicted octanol–water partition coefficient (Wildman–Crippen LogP) is 3.00. The number of aliphatic carboxylic acids is 1. The summed E-state index contributed by atoms with van der Waals surface area (Å²) in [5.74, 6) is -1.22. The Kier molecular flexibility index (Phi) is 6.66. The Hall–Kier alpha value is -3.00. The van der Waals surface area contributed by atoms with E-state index in [1.54, 1.807) is 0 Å². The van der Waals surface area contributed by atoms with E-state index in [0.717, 1.165) is 22.9 Å². The highest BCUT2D eigenvalue weighted by molar-refractivity contribution is 7.85. The first-order valence-electron chi connectivity index (χ1n) is 9.34. The molecule has 3 aromatic rings. The van der Waals surface area contributed by atoms with Gasteiger partial charge in [-0.15, -0.1) is 0 Å². The Labute approximate surface area is 176 Å². The van der Waals surface area contributed by atoms with Crippen molar-refractivity contribution in [1.82, 2.24) is 5.32 Å². The zero-order chi connectivity index (χ0) is 21.6. The Balaban J connectivity index is 2.21. The summed E-state index contributed by atoms with van der Waals surface area (Å²) < 4.78 is 27.8. The van der Waals surface area contributed by atoms with Gasteiger partial charge in [0.2, 0.25) is 0 Å². The summed E-state index contributed by atoms with van der Waals surface area (Å²) in [6, 6.07) is 27.0. The summed E-state index contributed by atoms with van der Waals surface area (Å²) in [4.78, 5) is 12.1. The average molecular weight is 426 g/mol. The fourth-order valence-electron chi connectivity index (χ4n) is 3.44. The van der Waals surface area contributed by atoms with Crippen molar-refractivity contribution in [3.8, 4) is 0 Å². The lowest BCUT2D eigenvalue weighted by Gasteiger charge is -2.39. The van der Waals surface area contributed by atoms with Crippen LogP contribution in [0.2, 0.25) is 0 Å². The summed E-state index contributed by atoms with van der Waals surface area (Å²) >= 11 is 0. The van der Waals surface area contributed by atoms with Gasteiger partial charge in [0.15, 0.2) is 0 Å². The van der Waals surface area contributed by atoms with Crippen LogP contribution in [0, 0.1) is 0 Å². The molecule has 0 bridgehead atoms. The fraction of sp³-hybridized carbons (Fsp3) is 0.174. The van der Waals surface area contributed by atoms with Crippen LogP contribution in [0.25, 0.3) is 0 Å². The van der Waals surface area contributed by atoms with Crippen molar-refractivity contribution in [3.63, 3.8) is 0 Å². The Bertz CT molecular complexity index is 974. The average Bonchev–Trinajstić information content (AvgIpc) is 2.75. The predicted molar refractivity (Wildman–Crippen MR) is 115 cm³/mol. The maximum absolute atomic E-state index is 12.1. The first-order chi connectivity index (χ1) is 14.3. The van der Waals surface area contributed by atoms with E-state index in [9.17, 15) is 18.3 Å². The maximum Gasteiger partial charge on any atom is 0.323 e. The first-order valence-corrected chi connectivity index (χ1v) is 11.2. The van der Waals surface area contributed by atoms with Crippen LogP contribution in [0.3, 0.4) is 0 Å². The third-order valence-corrected chi connectivity index (χ3v) is 5.32. The Morgan fingerprint density at radius 2 is 1.23 bits per heavy atom. The number of nitrogens with one attached hydrogen (secondary N) is 1. The van der Waals surface area contributed by atoms with Gasteiger partial charge in [-0.3, -0.25) is 14.3 Å². The summed E-state index contributed by atoms with van der Waals surface area (Å²) in [7, 11) is -3.81. The van der Waals surface area contributed by atoms with Crippen LogP contribution in [0.5, 0.6) is 0 Å². The van der Waals surface area contributed by atoms with Gasteiger partial charge in [0.05, 0.1) is 18.4 Å². The molecule has 0 saturated carbocycles. The lowest BCUT2D eigenvalue weighted by molar-refractivity contribution is -0.140. The number of rotatable bonds is 9. The second-order valence-corrected chi connectivity index (χ2v) is 8.52. The summed E-state index contributed by atoms with van der Waals surface area (Å²) in [5, 5.41) is 13.0. The number of hydrogen-bond acceptors (Lipinski definition) is 5. The third kappa shape index (κ3) is 4.94. The molecule has 0 aliphatic rings. The highest BCUT2D eigenvalue weighted by atomic mass is 32.2. The monoisotopic (exact) mass is 425 g/mol. The molecule has 0 fully saturated rings. The largest absolute Gasteiger partial charge is 0.480 e. The summed E-state index contributed by atoms with van der Waals surface area (Å²) in [6.45, 7) is -0.539. The molecule has 0 radical (unpaired) electrons. The van der Waals surface area contributed by atoms with Crippen LogP contribution in [0.1, 0.15) is 16.7 Å². The minimum absolute atomic E-state index is 0.539. The van der Waals surface area contributed by atoms with Crippen molar-refractivity contribution in [2.75, 3.05) is 12.9 Å². The van der Waals surface area contributed by atoms with Gasteiger partial charge in [-0.2, -0.15) is 8.42 Å². The van der Waals surface area contributed by atoms with Gasteiger partial charge in [-0.25, -0.2) is 0 Å². The van der Waals surface area contributed by atoms with Crippen LogP contribution in [-0.2, 0) is 24.6 Å². The van der Waals surface area contributed by atoms with E-state index in [0.29, 0.717) is 0 Å². The molecule has 1 atom stereocenters. The number of benzene rings is 3. The summed E-state index contributed by atoms with van der Waals surface area (Å²) in [6.07, 6.45) is 0.894. The molecule has 0 aliphatic carbocycles. The van der Waals surface area contributed by atoms with E-state index in [4.69, 9.17) is 4.18 Å². The van der Waals surface area contributed by atoms with Crippen molar-refractivity contribution in [3.05, 3.63) is 108 Å². The van der Waals surface area contributed by atoms with E-state index in [1.165, 1.54) is 0 Å². The maximum atomic E-state index is 12.1. The van der Waals surface area contributed by atoms with E-state index in [2.05, 4.69) is 5.32 Å². The van der Waals surface area contributed by atoms with Crippen molar-refractivity contribution >= 4 is 16.1 Å². The molecule has 3 aromatic carbocycles. The molecule has 0 amide bonds. The third-order valence-electron chi connectivity index (χ3n) is 4.76. The molecule has 0 saturated heterocycles. The van der Waals surface area contributed by atoms with Crippen LogP contribution in [0.15, 0.2) is 91.0 Å². The van der Waals surface area contributed by atoms with Crippen molar-refractivity contribution in [1.29, 1.82) is 0 Å². The van der Waals surface area contributed by atoms with Crippen LogP contribution in [-0.4, -0.2) is 38.4 Å². The Morgan fingerprint density at radius 3 is 1.53 bits per heavy atom. The fourth-order valence-corrected chi connectivity index (χ4v) is 3.83. The van der Waals surface area contributed by atoms with E-state index < -0.39 is 34.3 Å². The molecule has 0 heterocycles. The van der Waals surface area contributed by atoms with Gasteiger partial charge in [0, 0.05) is 0 Å². The molecule has 0 spiro atoms. The molecular formula is C23H23NO5S. The zero-order valence-electron chi connectivity index (χ0n) is 16.4. The van der Waals surface area contributed by atoms with Gasteiger partial charge in [-0.1, -0.05) is 91.0 Å². The molecule has 2 N–H and O–H groups in total. The first kappa shape index (κ1) is 21.7. The molecule has 0 aliphatic heterocycles. The topological polar surface area (TPSA) is 92.7 Å². The highest BCUT2D eigenvalue weighted by Gasteiger charge is 2.40. The number of carboxylic acid groups (broad SMARTS) is 1. The van der Waals surface area contributed by atoms with Gasteiger partial charge in [-0.05, 0) is 16.7 Å². The standard InChI is InChI=1S/C23H23NO5S/c1-30(27,28)29-17-21(22(25)26)24-23(18-11-5-2-6-12-18,19-13-7-3-8-14-19)20-15-9-4-10-16-20/h2-16,21,24H,17H2,1H3,(H,25,26). The van der Waals surface area contributed by atoms with Gasteiger partial charge >= 0.3 is 5.97 Å². The highest BCUT2D eigenvalue weighted by Crippen LogP contribution is 2.37. The molecule has 30 heavy (non-hydrogen) atoms. The molecule has 1 unspecified atom stereocenters. The van der Waals surface area contributed by atoms with Crippen molar-refractivity contribution in [2.24, 2.45) is 0 Å². The quantitative estimate of drug-likeness (QED) is 0.404. The molecule has 6 nitrogen and oxygen atoms in total.